The number of carbonyl (C=O) groups excluding carboxylic acids is 1. The van der Waals surface area contributed by atoms with Crippen molar-refractivity contribution in [1.82, 2.24) is 0 Å². The van der Waals surface area contributed by atoms with Crippen molar-refractivity contribution in [3.8, 4) is 11.5 Å². The Morgan fingerprint density at radius 2 is 1.72 bits per heavy atom. The Morgan fingerprint density at radius 3 is 2.47 bits per heavy atom. The molecular weight excluding hydrogens is 402 g/mol. The minimum atomic E-state index is -0.473. The van der Waals surface area contributed by atoms with Crippen LogP contribution in [0.2, 0.25) is 0 Å². The maximum atomic E-state index is 12.3. The van der Waals surface area contributed by atoms with Gasteiger partial charge in [-0.05, 0) is 62.2 Å². The highest BCUT2D eigenvalue weighted by atomic mass is 16.6. The van der Waals surface area contributed by atoms with Gasteiger partial charge in [0.2, 0.25) is 5.90 Å². The molecule has 0 unspecified atom stereocenters. The molecule has 5 heteroatoms. The molecule has 0 amide bonds. The Kier molecular flexibility index (Phi) is 6.36. The third-order valence-corrected chi connectivity index (χ3v) is 4.97. The average Bonchev–Trinajstić information content (AvgIpc) is 3.15. The third kappa shape index (κ3) is 5.06. The van der Waals surface area contributed by atoms with Crippen LogP contribution < -0.4 is 9.47 Å². The molecule has 1 aliphatic rings. The van der Waals surface area contributed by atoms with E-state index >= 15 is 0 Å². The fourth-order valence-electron chi connectivity index (χ4n) is 3.32. The lowest BCUT2D eigenvalue weighted by molar-refractivity contribution is -0.129. The Morgan fingerprint density at radius 1 is 0.906 bits per heavy atom. The van der Waals surface area contributed by atoms with E-state index in [4.69, 9.17) is 14.2 Å². The van der Waals surface area contributed by atoms with Gasteiger partial charge in [-0.2, -0.15) is 0 Å². The number of aryl methyl sites for hydroxylation is 2. The second-order valence-corrected chi connectivity index (χ2v) is 7.62. The first-order valence-electron chi connectivity index (χ1n) is 10.6. The minimum absolute atomic E-state index is 0.247. The SMILES string of the molecule is CCOc1cc(/C=C2\N=C(c3cccc(C)c3)OC2=O)ccc1OCc1ccc(C)cc1. The number of nitrogens with zero attached hydrogens (tertiary/aromatic N) is 1. The number of hydrogen-bond acceptors (Lipinski definition) is 5. The van der Waals surface area contributed by atoms with Crippen molar-refractivity contribution < 1.29 is 19.0 Å². The molecule has 0 N–H and O–H groups in total. The Bertz CT molecular complexity index is 1190. The van der Waals surface area contributed by atoms with Crippen molar-refractivity contribution in [2.45, 2.75) is 27.4 Å². The van der Waals surface area contributed by atoms with Crippen LogP contribution in [0.15, 0.2) is 77.4 Å². The molecule has 1 heterocycles. The van der Waals surface area contributed by atoms with Gasteiger partial charge in [0.05, 0.1) is 6.61 Å². The number of rotatable bonds is 7. The molecule has 0 radical (unpaired) electrons. The predicted octanol–water partition coefficient (Wildman–Crippen LogP) is 5.63. The molecule has 3 aromatic rings. The summed E-state index contributed by atoms with van der Waals surface area (Å²) in [6.45, 7) is 6.89. The summed E-state index contributed by atoms with van der Waals surface area (Å²) in [6, 6.07) is 21.5. The van der Waals surface area contributed by atoms with E-state index in [1.54, 1.807) is 6.08 Å². The van der Waals surface area contributed by atoms with Crippen molar-refractivity contribution in [2.24, 2.45) is 4.99 Å². The summed E-state index contributed by atoms with van der Waals surface area (Å²) >= 11 is 0. The lowest BCUT2D eigenvalue weighted by atomic mass is 10.1. The predicted molar refractivity (Wildman–Crippen MR) is 125 cm³/mol. The zero-order valence-corrected chi connectivity index (χ0v) is 18.4. The van der Waals surface area contributed by atoms with Crippen LogP contribution in [0, 0.1) is 13.8 Å². The average molecular weight is 428 g/mol. The topological polar surface area (TPSA) is 57.1 Å². The molecule has 0 aliphatic carbocycles. The van der Waals surface area contributed by atoms with Crippen molar-refractivity contribution in [3.63, 3.8) is 0 Å². The van der Waals surface area contributed by atoms with Gasteiger partial charge in [0.25, 0.3) is 0 Å². The summed E-state index contributed by atoms with van der Waals surface area (Å²) in [5.74, 6) is 1.10. The van der Waals surface area contributed by atoms with Crippen LogP contribution in [0.3, 0.4) is 0 Å². The fraction of sp³-hybridized carbons (Fsp3) is 0.185. The summed E-state index contributed by atoms with van der Waals surface area (Å²) < 4.78 is 17.1. The first-order valence-corrected chi connectivity index (χ1v) is 10.6. The summed E-state index contributed by atoms with van der Waals surface area (Å²) in [6.07, 6.45) is 1.69. The van der Waals surface area contributed by atoms with E-state index in [9.17, 15) is 4.79 Å². The molecule has 0 saturated heterocycles. The lowest BCUT2D eigenvalue weighted by Gasteiger charge is -2.13. The van der Waals surface area contributed by atoms with Crippen molar-refractivity contribution in [3.05, 3.63) is 100 Å². The van der Waals surface area contributed by atoms with Crippen molar-refractivity contribution in [2.75, 3.05) is 6.61 Å². The monoisotopic (exact) mass is 427 g/mol. The summed E-state index contributed by atoms with van der Waals surface area (Å²) in [5.41, 5.74) is 5.16. The maximum Gasteiger partial charge on any atom is 0.363 e. The zero-order chi connectivity index (χ0) is 22.5. The van der Waals surface area contributed by atoms with Crippen LogP contribution in [0.1, 0.15) is 34.7 Å². The van der Waals surface area contributed by atoms with Gasteiger partial charge in [-0.15, -0.1) is 0 Å². The second-order valence-electron chi connectivity index (χ2n) is 7.62. The van der Waals surface area contributed by atoms with Crippen molar-refractivity contribution >= 4 is 17.9 Å². The summed E-state index contributed by atoms with van der Waals surface area (Å²) in [7, 11) is 0. The Balaban J connectivity index is 1.55. The molecule has 32 heavy (non-hydrogen) atoms. The highest BCUT2D eigenvalue weighted by Gasteiger charge is 2.24. The Labute approximate surface area is 188 Å². The van der Waals surface area contributed by atoms with E-state index in [0.29, 0.717) is 30.6 Å². The van der Waals surface area contributed by atoms with Gasteiger partial charge in [-0.25, -0.2) is 9.79 Å². The first kappa shape index (κ1) is 21.4. The number of ether oxygens (including phenoxy) is 3. The first-order chi connectivity index (χ1) is 15.5. The van der Waals surface area contributed by atoms with Crippen LogP contribution in [-0.4, -0.2) is 18.5 Å². The molecule has 3 aromatic carbocycles. The number of esters is 1. The quantitative estimate of drug-likeness (QED) is 0.362. The summed E-state index contributed by atoms with van der Waals surface area (Å²) in [4.78, 5) is 16.7. The number of hydrogen-bond donors (Lipinski definition) is 0. The normalized spacial score (nSPS) is 14.3. The molecule has 1 aliphatic heterocycles. The number of aliphatic imine (C=N–C) groups is 1. The maximum absolute atomic E-state index is 12.3. The Hall–Kier alpha value is -3.86. The van der Waals surface area contributed by atoms with E-state index < -0.39 is 5.97 Å². The van der Waals surface area contributed by atoms with Gasteiger partial charge in [0, 0.05) is 5.56 Å². The van der Waals surface area contributed by atoms with Gasteiger partial charge >= 0.3 is 5.97 Å². The van der Waals surface area contributed by atoms with Crippen LogP contribution >= 0.6 is 0 Å². The molecule has 0 spiro atoms. The van der Waals surface area contributed by atoms with Crippen LogP contribution in [0.4, 0.5) is 0 Å². The molecule has 0 atom stereocenters. The van der Waals surface area contributed by atoms with Gasteiger partial charge in [-0.1, -0.05) is 53.6 Å². The van der Waals surface area contributed by atoms with Gasteiger partial charge < -0.3 is 14.2 Å². The standard InChI is InChI=1S/C27H25NO4/c1-4-30-25-16-21(12-13-24(25)31-17-20-10-8-18(2)9-11-20)15-23-27(29)32-26(28-23)22-7-5-6-19(3)14-22/h5-16H,4,17H2,1-3H3/b23-15-. The van der Waals surface area contributed by atoms with E-state index in [1.807, 2.05) is 68.4 Å². The molecule has 5 nitrogen and oxygen atoms in total. The van der Waals surface area contributed by atoms with Crippen LogP contribution in [0.5, 0.6) is 11.5 Å². The molecule has 0 saturated carbocycles. The second kappa shape index (κ2) is 9.52. The van der Waals surface area contributed by atoms with E-state index in [1.165, 1.54) is 5.56 Å². The van der Waals surface area contributed by atoms with Crippen LogP contribution in [-0.2, 0) is 16.1 Å². The van der Waals surface area contributed by atoms with E-state index in [-0.39, 0.29) is 5.70 Å². The van der Waals surface area contributed by atoms with Crippen LogP contribution in [0.25, 0.3) is 6.08 Å². The van der Waals surface area contributed by atoms with Crippen molar-refractivity contribution in [1.29, 1.82) is 0 Å². The largest absolute Gasteiger partial charge is 0.490 e. The lowest BCUT2D eigenvalue weighted by Crippen LogP contribution is -2.05. The number of carbonyl (C=O) groups is 1. The fourth-order valence-corrected chi connectivity index (χ4v) is 3.32. The van der Waals surface area contributed by atoms with Gasteiger partial charge in [0.15, 0.2) is 17.2 Å². The smallest absolute Gasteiger partial charge is 0.363 e. The highest BCUT2D eigenvalue weighted by molar-refractivity contribution is 6.12. The van der Waals surface area contributed by atoms with E-state index in [0.717, 1.165) is 22.3 Å². The van der Waals surface area contributed by atoms with Gasteiger partial charge in [-0.3, -0.25) is 0 Å². The molecule has 162 valence electrons. The summed E-state index contributed by atoms with van der Waals surface area (Å²) in [5, 5.41) is 0. The van der Waals surface area contributed by atoms with Gasteiger partial charge in [0.1, 0.15) is 6.61 Å². The molecular formula is C27H25NO4. The molecule has 0 aromatic heterocycles. The highest BCUT2D eigenvalue weighted by Crippen LogP contribution is 2.31. The number of benzene rings is 3. The molecule has 0 bridgehead atoms. The number of cyclic esters (lactones) is 1. The minimum Gasteiger partial charge on any atom is -0.490 e. The molecule has 0 fully saturated rings. The third-order valence-electron chi connectivity index (χ3n) is 4.97. The molecule has 4 rings (SSSR count). The zero-order valence-electron chi connectivity index (χ0n) is 18.4. The van der Waals surface area contributed by atoms with E-state index in [2.05, 4.69) is 24.0 Å².